The van der Waals surface area contributed by atoms with Gasteiger partial charge in [-0.05, 0) is 74.8 Å². The van der Waals surface area contributed by atoms with Crippen LogP contribution in [0.4, 0.5) is 0 Å². The second-order valence-electron chi connectivity index (χ2n) is 13.2. The van der Waals surface area contributed by atoms with Crippen LogP contribution in [-0.2, 0) is 0 Å². The van der Waals surface area contributed by atoms with Crippen molar-refractivity contribution in [3.63, 3.8) is 0 Å². The summed E-state index contributed by atoms with van der Waals surface area (Å²) in [5.74, 6) is 1.93. The quantitative estimate of drug-likeness (QED) is 0.191. The summed E-state index contributed by atoms with van der Waals surface area (Å²) in [5, 5.41) is 7.20. The van der Waals surface area contributed by atoms with Gasteiger partial charge in [0.1, 0.15) is 0 Å². The van der Waals surface area contributed by atoms with Crippen LogP contribution in [0.1, 0.15) is 0 Å². The van der Waals surface area contributed by atoms with E-state index in [1.165, 1.54) is 43.8 Å². The van der Waals surface area contributed by atoms with Gasteiger partial charge in [0.2, 0.25) is 0 Å². The topological polar surface area (TPSA) is 43.6 Å². The molecule has 51 heavy (non-hydrogen) atoms. The number of aromatic nitrogens is 4. The molecule has 1 aliphatic carbocycles. The van der Waals surface area contributed by atoms with E-state index in [1.54, 1.807) is 0 Å². The lowest BCUT2D eigenvalue weighted by atomic mass is 9.99. The second kappa shape index (κ2) is 10.8. The molecular formula is C47H28N4. The van der Waals surface area contributed by atoms with E-state index in [0.717, 1.165) is 44.2 Å². The Bertz CT molecular complexity index is 2980. The van der Waals surface area contributed by atoms with Crippen LogP contribution in [0, 0.1) is 0 Å². The van der Waals surface area contributed by atoms with Crippen LogP contribution in [-0.4, -0.2) is 19.5 Å². The summed E-state index contributed by atoms with van der Waals surface area (Å²) in [5.41, 5.74) is 11.3. The van der Waals surface area contributed by atoms with Crippen LogP contribution in [0.2, 0.25) is 0 Å². The first kappa shape index (κ1) is 28.0. The molecule has 8 aromatic carbocycles. The van der Waals surface area contributed by atoms with E-state index in [1.807, 2.05) is 18.2 Å². The Labute approximate surface area is 294 Å². The van der Waals surface area contributed by atoms with Crippen LogP contribution < -0.4 is 0 Å². The fraction of sp³-hybridized carbons (Fsp3) is 0. The third-order valence-electron chi connectivity index (χ3n) is 10.3. The molecule has 0 spiro atoms. The molecule has 0 amide bonds. The SMILES string of the molecule is c1ccc(-c2nc(-c3cc(-n4c5ccccc5c5ccccc54)c4ccccc4c3)nc(-c3cc4c5c(cccc5c3)-c3ccccc3-4)n2)cc1. The minimum absolute atomic E-state index is 0.636. The van der Waals surface area contributed by atoms with E-state index in [2.05, 4.69) is 156 Å². The number of fused-ring (bicyclic) bond motifs is 7. The Balaban J connectivity index is 1.18. The average molecular weight is 649 g/mol. The van der Waals surface area contributed by atoms with Crippen LogP contribution in [0.25, 0.3) is 105 Å². The molecule has 4 nitrogen and oxygen atoms in total. The monoisotopic (exact) mass is 648 g/mol. The maximum absolute atomic E-state index is 5.28. The highest BCUT2D eigenvalue weighted by molar-refractivity contribution is 6.16. The first-order valence-electron chi connectivity index (χ1n) is 17.3. The molecule has 0 saturated heterocycles. The molecule has 0 bridgehead atoms. The summed E-state index contributed by atoms with van der Waals surface area (Å²) in [6, 6.07) is 60.3. The van der Waals surface area contributed by atoms with Gasteiger partial charge >= 0.3 is 0 Å². The van der Waals surface area contributed by atoms with Crippen LogP contribution in [0.3, 0.4) is 0 Å². The first-order valence-corrected chi connectivity index (χ1v) is 17.3. The molecule has 236 valence electrons. The summed E-state index contributed by atoms with van der Waals surface area (Å²) in [4.78, 5) is 15.6. The molecule has 0 unspecified atom stereocenters. The Morgan fingerprint density at radius 2 is 0.843 bits per heavy atom. The summed E-state index contributed by atoms with van der Waals surface area (Å²) >= 11 is 0. The molecule has 2 heterocycles. The van der Waals surface area contributed by atoms with Crippen molar-refractivity contribution < 1.29 is 0 Å². The van der Waals surface area contributed by atoms with E-state index in [4.69, 9.17) is 15.0 Å². The van der Waals surface area contributed by atoms with Crippen molar-refractivity contribution >= 4 is 43.4 Å². The molecule has 4 heteroatoms. The maximum atomic E-state index is 5.28. The molecule has 0 fully saturated rings. The van der Waals surface area contributed by atoms with E-state index >= 15 is 0 Å². The molecule has 0 atom stereocenters. The van der Waals surface area contributed by atoms with Gasteiger partial charge in [0.15, 0.2) is 17.5 Å². The van der Waals surface area contributed by atoms with E-state index in [0.29, 0.717) is 17.5 Å². The van der Waals surface area contributed by atoms with E-state index < -0.39 is 0 Å². The molecule has 0 N–H and O–H groups in total. The summed E-state index contributed by atoms with van der Waals surface area (Å²) < 4.78 is 2.39. The Morgan fingerprint density at radius 3 is 1.57 bits per heavy atom. The number of nitrogens with zero attached hydrogens (tertiary/aromatic N) is 4. The molecular weight excluding hydrogens is 621 g/mol. The highest BCUT2D eigenvalue weighted by Crippen LogP contribution is 2.48. The molecule has 0 aliphatic heterocycles. The van der Waals surface area contributed by atoms with Crippen LogP contribution in [0.5, 0.6) is 0 Å². The van der Waals surface area contributed by atoms with Crippen molar-refractivity contribution in [3.8, 4) is 62.1 Å². The van der Waals surface area contributed by atoms with E-state index in [-0.39, 0.29) is 0 Å². The van der Waals surface area contributed by atoms with Crippen molar-refractivity contribution in [3.05, 3.63) is 170 Å². The van der Waals surface area contributed by atoms with Gasteiger partial charge in [0, 0.05) is 32.8 Å². The predicted molar refractivity (Wildman–Crippen MR) is 210 cm³/mol. The summed E-state index contributed by atoms with van der Waals surface area (Å²) in [6.07, 6.45) is 0. The fourth-order valence-corrected chi connectivity index (χ4v) is 8.08. The Morgan fingerprint density at radius 1 is 0.333 bits per heavy atom. The van der Waals surface area contributed by atoms with Gasteiger partial charge in [-0.2, -0.15) is 0 Å². The van der Waals surface area contributed by atoms with Gasteiger partial charge in [-0.1, -0.05) is 133 Å². The zero-order valence-electron chi connectivity index (χ0n) is 27.5. The fourth-order valence-electron chi connectivity index (χ4n) is 8.08. The second-order valence-corrected chi connectivity index (χ2v) is 13.2. The zero-order chi connectivity index (χ0) is 33.5. The highest BCUT2D eigenvalue weighted by Gasteiger charge is 2.23. The Hall–Kier alpha value is -6.91. The van der Waals surface area contributed by atoms with Gasteiger partial charge in [-0.3, -0.25) is 0 Å². The Kier molecular flexibility index (Phi) is 5.92. The first-order chi connectivity index (χ1) is 25.3. The largest absolute Gasteiger partial charge is 0.309 e. The minimum atomic E-state index is 0.636. The molecule has 10 aromatic rings. The van der Waals surface area contributed by atoms with Crippen molar-refractivity contribution in [1.82, 2.24) is 19.5 Å². The highest BCUT2D eigenvalue weighted by atomic mass is 15.0. The third kappa shape index (κ3) is 4.23. The van der Waals surface area contributed by atoms with Gasteiger partial charge < -0.3 is 4.57 Å². The van der Waals surface area contributed by atoms with Gasteiger partial charge in [-0.25, -0.2) is 15.0 Å². The maximum Gasteiger partial charge on any atom is 0.164 e. The molecule has 11 rings (SSSR count). The smallest absolute Gasteiger partial charge is 0.164 e. The van der Waals surface area contributed by atoms with Crippen molar-refractivity contribution in [2.24, 2.45) is 0 Å². The van der Waals surface area contributed by atoms with Gasteiger partial charge in [0.25, 0.3) is 0 Å². The molecule has 2 aromatic heterocycles. The lowest BCUT2D eigenvalue weighted by Gasteiger charge is -2.15. The molecule has 0 radical (unpaired) electrons. The third-order valence-corrected chi connectivity index (χ3v) is 10.3. The standard InChI is InChI=1S/C47H28N4/c1-2-13-29(14-3-1)45-48-46(32-26-31-16-12-22-39-35-18-6-7-19-36(35)40(27-32)44(31)39)50-47(49-45)33-25-30-15-4-5-17-34(30)43(28-33)51-41-23-10-8-20-37(41)38-21-9-11-24-42(38)51/h1-28H. The van der Waals surface area contributed by atoms with Gasteiger partial charge in [-0.15, -0.1) is 0 Å². The van der Waals surface area contributed by atoms with Crippen LogP contribution >= 0.6 is 0 Å². The average Bonchev–Trinajstić information content (AvgIpc) is 3.71. The van der Waals surface area contributed by atoms with Crippen LogP contribution in [0.15, 0.2) is 170 Å². The minimum Gasteiger partial charge on any atom is -0.309 e. The van der Waals surface area contributed by atoms with Gasteiger partial charge in [0.05, 0.1) is 16.7 Å². The summed E-state index contributed by atoms with van der Waals surface area (Å²) in [7, 11) is 0. The van der Waals surface area contributed by atoms with Crippen molar-refractivity contribution in [2.45, 2.75) is 0 Å². The normalized spacial score (nSPS) is 11.9. The van der Waals surface area contributed by atoms with Crippen molar-refractivity contribution in [1.29, 1.82) is 0 Å². The number of hydrogen-bond donors (Lipinski definition) is 0. The molecule has 1 aliphatic rings. The lowest BCUT2D eigenvalue weighted by Crippen LogP contribution is -2.02. The van der Waals surface area contributed by atoms with Crippen molar-refractivity contribution in [2.75, 3.05) is 0 Å². The number of para-hydroxylation sites is 2. The predicted octanol–water partition coefficient (Wildman–Crippen LogP) is 11.9. The number of benzene rings is 8. The summed E-state index contributed by atoms with van der Waals surface area (Å²) in [6.45, 7) is 0. The number of rotatable bonds is 4. The number of hydrogen-bond acceptors (Lipinski definition) is 3. The zero-order valence-corrected chi connectivity index (χ0v) is 27.5. The van der Waals surface area contributed by atoms with E-state index in [9.17, 15) is 0 Å². The lowest BCUT2D eigenvalue weighted by molar-refractivity contribution is 1.07. The molecule has 0 saturated carbocycles.